The average Bonchev–Trinajstić information content (AvgIpc) is 3.28. The molecule has 0 atom stereocenters. The third-order valence-corrected chi connectivity index (χ3v) is 5.98. The molecule has 0 aromatic carbocycles. The Labute approximate surface area is 144 Å². The van der Waals surface area contributed by atoms with Crippen LogP contribution in [0.2, 0.25) is 0 Å². The first-order chi connectivity index (χ1) is 11.9. The lowest BCUT2D eigenvalue weighted by atomic mass is 10.2. The van der Waals surface area contributed by atoms with Crippen molar-refractivity contribution in [2.24, 2.45) is 0 Å². The summed E-state index contributed by atoms with van der Waals surface area (Å²) in [5, 5.41) is 1.10. The number of aromatic nitrogens is 4. The van der Waals surface area contributed by atoms with E-state index in [0.29, 0.717) is 0 Å². The Morgan fingerprint density at radius 1 is 1.00 bits per heavy atom. The van der Waals surface area contributed by atoms with Crippen LogP contribution in [-0.2, 0) is 12.8 Å². The molecule has 5 rings (SSSR count). The highest BCUT2D eigenvalue weighted by molar-refractivity contribution is 7.22. The molecule has 0 radical (unpaired) electrons. The molecule has 0 unspecified atom stereocenters. The summed E-state index contributed by atoms with van der Waals surface area (Å²) in [5.41, 5.74) is 3.62. The second-order valence-electron chi connectivity index (χ2n) is 6.29. The van der Waals surface area contributed by atoms with Crippen LogP contribution in [0.5, 0.6) is 0 Å². The Kier molecular flexibility index (Phi) is 3.33. The first-order valence-corrected chi connectivity index (χ1v) is 9.23. The SMILES string of the molecule is c1cc2sc(N3CCN(c4ncnc5c4CCC5)CC3)nc2cn1. The molecule has 7 heteroatoms. The highest BCUT2D eigenvalue weighted by Gasteiger charge is 2.25. The standard InChI is InChI=1S/C17H18N6S/c1-2-12-13(3-1)19-11-20-16(12)22-6-8-23(9-7-22)17-21-14-10-18-5-4-15(14)24-17/h4-5,10-11H,1-3,6-9H2. The van der Waals surface area contributed by atoms with Crippen molar-refractivity contribution in [3.63, 3.8) is 0 Å². The zero-order valence-corrected chi connectivity index (χ0v) is 14.2. The molecule has 24 heavy (non-hydrogen) atoms. The number of nitrogens with zero attached hydrogens (tertiary/aromatic N) is 6. The van der Waals surface area contributed by atoms with Crippen LogP contribution >= 0.6 is 11.3 Å². The highest BCUT2D eigenvalue weighted by Crippen LogP contribution is 2.31. The van der Waals surface area contributed by atoms with E-state index < -0.39 is 0 Å². The van der Waals surface area contributed by atoms with Gasteiger partial charge in [-0.25, -0.2) is 15.0 Å². The van der Waals surface area contributed by atoms with E-state index in [2.05, 4.69) is 24.8 Å². The molecule has 6 nitrogen and oxygen atoms in total. The molecule has 0 bridgehead atoms. The molecule has 1 fully saturated rings. The van der Waals surface area contributed by atoms with Crippen molar-refractivity contribution in [1.82, 2.24) is 19.9 Å². The Bertz CT molecular complexity index is 851. The second kappa shape index (κ2) is 5.66. The summed E-state index contributed by atoms with van der Waals surface area (Å²) in [6, 6.07) is 2.04. The molecule has 0 amide bonds. The molecule has 0 N–H and O–H groups in total. The van der Waals surface area contributed by atoms with Gasteiger partial charge in [-0.3, -0.25) is 4.98 Å². The Morgan fingerprint density at radius 3 is 2.75 bits per heavy atom. The minimum absolute atomic E-state index is 0.978. The van der Waals surface area contributed by atoms with Gasteiger partial charge in [-0.1, -0.05) is 11.3 Å². The molecular formula is C17H18N6S. The van der Waals surface area contributed by atoms with E-state index in [1.165, 1.54) is 22.4 Å². The number of piperazine rings is 1. The predicted octanol–water partition coefficient (Wildman–Crippen LogP) is 2.30. The number of rotatable bonds is 2. The van der Waals surface area contributed by atoms with Crippen LogP contribution in [0.1, 0.15) is 17.7 Å². The van der Waals surface area contributed by atoms with Crippen molar-refractivity contribution >= 4 is 32.5 Å². The van der Waals surface area contributed by atoms with Gasteiger partial charge in [0.15, 0.2) is 5.13 Å². The summed E-state index contributed by atoms with van der Waals surface area (Å²) in [5.74, 6) is 1.16. The fraction of sp³-hybridized carbons (Fsp3) is 0.412. The summed E-state index contributed by atoms with van der Waals surface area (Å²) in [7, 11) is 0. The first kappa shape index (κ1) is 14.1. The van der Waals surface area contributed by atoms with Gasteiger partial charge in [0.1, 0.15) is 17.7 Å². The second-order valence-corrected chi connectivity index (χ2v) is 7.30. The van der Waals surface area contributed by atoms with Gasteiger partial charge in [0, 0.05) is 43.6 Å². The van der Waals surface area contributed by atoms with Crippen LogP contribution in [-0.4, -0.2) is 46.1 Å². The number of pyridine rings is 1. The van der Waals surface area contributed by atoms with Crippen molar-refractivity contribution in [2.75, 3.05) is 36.0 Å². The number of hydrogen-bond donors (Lipinski definition) is 0. The minimum atomic E-state index is 0.978. The van der Waals surface area contributed by atoms with E-state index >= 15 is 0 Å². The van der Waals surface area contributed by atoms with Crippen molar-refractivity contribution in [2.45, 2.75) is 19.3 Å². The zero-order chi connectivity index (χ0) is 15.9. The fourth-order valence-corrected chi connectivity index (χ4v) is 4.61. The lowest BCUT2D eigenvalue weighted by Crippen LogP contribution is -2.47. The summed E-state index contributed by atoms with van der Waals surface area (Å²) in [6.45, 7) is 3.92. The quantitative estimate of drug-likeness (QED) is 0.715. The van der Waals surface area contributed by atoms with E-state index in [4.69, 9.17) is 4.98 Å². The van der Waals surface area contributed by atoms with Crippen molar-refractivity contribution < 1.29 is 0 Å². The molecule has 122 valence electrons. The van der Waals surface area contributed by atoms with Crippen molar-refractivity contribution in [3.05, 3.63) is 36.0 Å². The highest BCUT2D eigenvalue weighted by atomic mass is 32.1. The third kappa shape index (κ3) is 2.31. The number of aryl methyl sites for hydroxylation is 1. The lowest BCUT2D eigenvalue weighted by Gasteiger charge is -2.35. The first-order valence-electron chi connectivity index (χ1n) is 8.42. The largest absolute Gasteiger partial charge is 0.353 e. The smallest absolute Gasteiger partial charge is 0.186 e. The van der Waals surface area contributed by atoms with Crippen LogP contribution in [0.4, 0.5) is 10.9 Å². The van der Waals surface area contributed by atoms with E-state index in [0.717, 1.165) is 55.5 Å². The third-order valence-electron chi connectivity index (χ3n) is 4.88. The molecule has 1 saturated heterocycles. The molecule has 3 aromatic heterocycles. The topological polar surface area (TPSA) is 58.0 Å². The summed E-state index contributed by atoms with van der Waals surface area (Å²) in [6.07, 6.45) is 8.84. The molecule has 0 saturated carbocycles. The van der Waals surface area contributed by atoms with Crippen LogP contribution in [0, 0.1) is 0 Å². The molecular weight excluding hydrogens is 320 g/mol. The van der Waals surface area contributed by atoms with E-state index in [1.54, 1.807) is 17.7 Å². The molecule has 2 aliphatic rings. The van der Waals surface area contributed by atoms with E-state index in [9.17, 15) is 0 Å². The summed E-state index contributed by atoms with van der Waals surface area (Å²) < 4.78 is 1.20. The summed E-state index contributed by atoms with van der Waals surface area (Å²) in [4.78, 5) is 22.7. The fourth-order valence-electron chi connectivity index (χ4n) is 3.63. The van der Waals surface area contributed by atoms with Gasteiger partial charge in [-0.2, -0.15) is 0 Å². The molecule has 3 aromatic rings. The van der Waals surface area contributed by atoms with Gasteiger partial charge in [0.2, 0.25) is 0 Å². The maximum absolute atomic E-state index is 4.73. The Hall–Kier alpha value is -2.28. The van der Waals surface area contributed by atoms with E-state index in [1.807, 2.05) is 18.5 Å². The van der Waals surface area contributed by atoms with Crippen molar-refractivity contribution in [3.8, 4) is 0 Å². The van der Waals surface area contributed by atoms with Gasteiger partial charge < -0.3 is 9.80 Å². The minimum Gasteiger partial charge on any atom is -0.353 e. The van der Waals surface area contributed by atoms with Crippen LogP contribution in [0.3, 0.4) is 0 Å². The molecule has 1 aliphatic carbocycles. The van der Waals surface area contributed by atoms with Crippen LogP contribution < -0.4 is 9.80 Å². The maximum atomic E-state index is 4.73. The van der Waals surface area contributed by atoms with Gasteiger partial charge in [0.05, 0.1) is 10.9 Å². The number of thiazole rings is 1. The van der Waals surface area contributed by atoms with Crippen molar-refractivity contribution in [1.29, 1.82) is 0 Å². The monoisotopic (exact) mass is 338 g/mol. The normalized spacial score (nSPS) is 17.5. The van der Waals surface area contributed by atoms with Crippen LogP contribution in [0.25, 0.3) is 10.2 Å². The maximum Gasteiger partial charge on any atom is 0.186 e. The predicted molar refractivity (Wildman–Crippen MR) is 95.9 cm³/mol. The van der Waals surface area contributed by atoms with Crippen LogP contribution in [0.15, 0.2) is 24.8 Å². The van der Waals surface area contributed by atoms with E-state index in [-0.39, 0.29) is 0 Å². The molecule has 0 spiro atoms. The Balaban J connectivity index is 1.35. The number of fused-ring (bicyclic) bond motifs is 2. The van der Waals surface area contributed by atoms with Gasteiger partial charge >= 0.3 is 0 Å². The lowest BCUT2D eigenvalue weighted by molar-refractivity contribution is 0.643. The van der Waals surface area contributed by atoms with Gasteiger partial charge in [-0.05, 0) is 25.3 Å². The molecule has 1 aliphatic heterocycles. The summed E-state index contributed by atoms with van der Waals surface area (Å²) >= 11 is 1.75. The van der Waals surface area contributed by atoms with Gasteiger partial charge in [0.25, 0.3) is 0 Å². The Morgan fingerprint density at radius 2 is 1.88 bits per heavy atom. The molecule has 4 heterocycles. The van der Waals surface area contributed by atoms with Gasteiger partial charge in [-0.15, -0.1) is 0 Å². The average molecular weight is 338 g/mol. The number of hydrogen-bond acceptors (Lipinski definition) is 7. The number of anilines is 2. The zero-order valence-electron chi connectivity index (χ0n) is 13.4.